The first-order chi connectivity index (χ1) is 12.7. The summed E-state index contributed by atoms with van der Waals surface area (Å²) in [6.45, 7) is 2.04. The first-order valence-corrected chi connectivity index (χ1v) is 8.87. The summed E-state index contributed by atoms with van der Waals surface area (Å²) in [6.07, 6.45) is 0.798. The summed E-state index contributed by atoms with van der Waals surface area (Å²) >= 11 is 6.28. The van der Waals surface area contributed by atoms with Crippen molar-refractivity contribution in [2.45, 2.75) is 19.6 Å². The number of nitrogens with one attached hydrogen (secondary N) is 2. The average Bonchev–Trinajstić information content (AvgIpc) is 2.66. The van der Waals surface area contributed by atoms with Crippen LogP contribution in [0.5, 0.6) is 5.75 Å². The summed E-state index contributed by atoms with van der Waals surface area (Å²) in [5.41, 5.74) is 3.41. The molecular formula is C20H26ClN3O2. The number of methoxy groups -OCH3 is 2. The lowest BCUT2D eigenvalue weighted by atomic mass is 10.1. The fraction of sp³-hybridized carbons (Fsp3) is 0.350. The third kappa shape index (κ3) is 6.24. The molecule has 0 heterocycles. The zero-order valence-electron chi connectivity index (χ0n) is 15.5. The van der Waals surface area contributed by atoms with Gasteiger partial charge in [0.05, 0.1) is 13.7 Å². The van der Waals surface area contributed by atoms with Gasteiger partial charge in [0.2, 0.25) is 0 Å². The lowest BCUT2D eigenvalue weighted by molar-refractivity contribution is 0.185. The van der Waals surface area contributed by atoms with E-state index in [0.29, 0.717) is 18.2 Å². The molecule has 0 aliphatic heterocycles. The summed E-state index contributed by atoms with van der Waals surface area (Å²) in [4.78, 5) is 4.26. The van der Waals surface area contributed by atoms with E-state index in [-0.39, 0.29) is 0 Å². The molecule has 5 nitrogen and oxygen atoms in total. The third-order valence-electron chi connectivity index (χ3n) is 3.93. The Morgan fingerprint density at radius 3 is 2.58 bits per heavy atom. The van der Waals surface area contributed by atoms with Crippen molar-refractivity contribution in [2.75, 3.05) is 27.8 Å². The van der Waals surface area contributed by atoms with Gasteiger partial charge in [-0.2, -0.15) is 0 Å². The van der Waals surface area contributed by atoms with Crippen LogP contribution in [-0.2, 0) is 24.3 Å². The number of guanidine groups is 1. The van der Waals surface area contributed by atoms with E-state index in [1.54, 1.807) is 21.3 Å². The van der Waals surface area contributed by atoms with Crippen molar-refractivity contribution in [1.29, 1.82) is 0 Å². The molecule has 0 bridgehead atoms. The third-order valence-corrected chi connectivity index (χ3v) is 4.28. The van der Waals surface area contributed by atoms with Crippen LogP contribution in [0.15, 0.2) is 47.5 Å². The minimum Gasteiger partial charge on any atom is -0.497 e. The Labute approximate surface area is 160 Å². The number of hydrogen-bond donors (Lipinski definition) is 2. The van der Waals surface area contributed by atoms with Gasteiger partial charge in [-0.25, -0.2) is 0 Å². The van der Waals surface area contributed by atoms with Crippen molar-refractivity contribution in [1.82, 2.24) is 10.6 Å². The van der Waals surface area contributed by atoms with Crippen molar-refractivity contribution in [3.05, 3.63) is 64.2 Å². The molecule has 26 heavy (non-hydrogen) atoms. The van der Waals surface area contributed by atoms with E-state index < -0.39 is 0 Å². The standard InChI is InChI=1S/C20H26ClN3O2/c1-22-20(24-13-15-5-4-6-16(11-15)14-25-2)23-10-9-17-7-8-18(26-3)12-19(17)21/h4-8,11-12H,9-10,13-14H2,1-3H3,(H2,22,23,24). The molecule has 2 aromatic carbocycles. The molecule has 0 aromatic heterocycles. The van der Waals surface area contributed by atoms with Crippen molar-refractivity contribution < 1.29 is 9.47 Å². The molecule has 2 aromatic rings. The number of halogens is 1. The van der Waals surface area contributed by atoms with Crippen LogP contribution in [0.4, 0.5) is 0 Å². The molecule has 0 fully saturated rings. The van der Waals surface area contributed by atoms with Crippen LogP contribution in [0.25, 0.3) is 0 Å². The molecule has 0 aliphatic rings. The highest BCUT2D eigenvalue weighted by molar-refractivity contribution is 6.31. The van der Waals surface area contributed by atoms with Crippen molar-refractivity contribution in [2.24, 2.45) is 4.99 Å². The first-order valence-electron chi connectivity index (χ1n) is 8.50. The number of nitrogens with zero attached hydrogens (tertiary/aromatic N) is 1. The van der Waals surface area contributed by atoms with Gasteiger partial charge >= 0.3 is 0 Å². The highest BCUT2D eigenvalue weighted by Crippen LogP contribution is 2.22. The van der Waals surface area contributed by atoms with Gasteiger partial charge in [-0.3, -0.25) is 4.99 Å². The van der Waals surface area contributed by atoms with Gasteiger partial charge in [0, 0.05) is 32.3 Å². The normalized spacial score (nSPS) is 11.3. The van der Waals surface area contributed by atoms with E-state index >= 15 is 0 Å². The fourth-order valence-electron chi connectivity index (χ4n) is 2.58. The van der Waals surface area contributed by atoms with E-state index in [9.17, 15) is 0 Å². The Hall–Kier alpha value is -2.24. The minimum absolute atomic E-state index is 0.615. The average molecular weight is 376 g/mol. The second kappa shape index (κ2) is 10.7. The van der Waals surface area contributed by atoms with E-state index in [0.717, 1.165) is 35.8 Å². The van der Waals surface area contributed by atoms with E-state index in [1.807, 2.05) is 24.3 Å². The van der Waals surface area contributed by atoms with Gasteiger partial charge in [-0.15, -0.1) is 0 Å². The number of hydrogen-bond acceptors (Lipinski definition) is 3. The van der Waals surface area contributed by atoms with Crippen LogP contribution in [0.2, 0.25) is 5.02 Å². The molecule has 0 saturated carbocycles. The van der Waals surface area contributed by atoms with Gasteiger partial charge < -0.3 is 20.1 Å². The molecule has 0 saturated heterocycles. The zero-order chi connectivity index (χ0) is 18.8. The molecule has 0 atom stereocenters. The summed E-state index contributed by atoms with van der Waals surface area (Å²) in [5.74, 6) is 1.52. The van der Waals surface area contributed by atoms with E-state index in [1.165, 1.54) is 5.56 Å². The Morgan fingerprint density at radius 1 is 1.08 bits per heavy atom. The highest BCUT2D eigenvalue weighted by atomic mass is 35.5. The SMILES string of the molecule is CN=C(NCCc1ccc(OC)cc1Cl)NCc1cccc(COC)c1. The van der Waals surface area contributed by atoms with Crippen LogP contribution >= 0.6 is 11.6 Å². The number of benzene rings is 2. The van der Waals surface area contributed by atoms with Crippen LogP contribution in [0.3, 0.4) is 0 Å². The topological polar surface area (TPSA) is 54.9 Å². The number of aliphatic imine (C=N–C) groups is 1. The smallest absolute Gasteiger partial charge is 0.191 e. The van der Waals surface area contributed by atoms with Crippen LogP contribution in [0.1, 0.15) is 16.7 Å². The molecule has 2 N–H and O–H groups in total. The van der Waals surface area contributed by atoms with Crippen LogP contribution < -0.4 is 15.4 Å². The summed E-state index contributed by atoms with van der Waals surface area (Å²) in [7, 11) is 5.09. The molecule has 0 amide bonds. The maximum atomic E-state index is 6.28. The Kier molecular flexibility index (Phi) is 8.25. The maximum absolute atomic E-state index is 6.28. The van der Waals surface area contributed by atoms with E-state index in [4.69, 9.17) is 21.1 Å². The molecule has 2 rings (SSSR count). The first kappa shape index (κ1) is 20.1. The summed E-state index contributed by atoms with van der Waals surface area (Å²) in [6, 6.07) is 14.0. The van der Waals surface area contributed by atoms with Gasteiger partial charge in [0.15, 0.2) is 5.96 Å². The second-order valence-electron chi connectivity index (χ2n) is 5.81. The lowest BCUT2D eigenvalue weighted by Crippen LogP contribution is -2.37. The minimum atomic E-state index is 0.615. The van der Waals surface area contributed by atoms with Crippen molar-refractivity contribution >= 4 is 17.6 Å². The van der Waals surface area contributed by atoms with Gasteiger partial charge in [-0.05, 0) is 35.2 Å². The predicted molar refractivity (Wildman–Crippen MR) is 107 cm³/mol. The van der Waals surface area contributed by atoms with Gasteiger partial charge in [0.1, 0.15) is 5.75 Å². The quantitative estimate of drug-likeness (QED) is 0.548. The number of ether oxygens (including phenoxy) is 2. The maximum Gasteiger partial charge on any atom is 0.191 e. The predicted octanol–water partition coefficient (Wildman–Crippen LogP) is 3.40. The molecule has 6 heteroatoms. The lowest BCUT2D eigenvalue weighted by Gasteiger charge is -2.13. The number of rotatable bonds is 8. The molecule has 0 aliphatic carbocycles. The molecule has 140 valence electrons. The second-order valence-corrected chi connectivity index (χ2v) is 6.22. The molecule has 0 spiro atoms. The Morgan fingerprint density at radius 2 is 1.88 bits per heavy atom. The highest BCUT2D eigenvalue weighted by Gasteiger charge is 2.04. The fourth-order valence-corrected chi connectivity index (χ4v) is 2.84. The largest absolute Gasteiger partial charge is 0.497 e. The van der Waals surface area contributed by atoms with Crippen LogP contribution in [0, 0.1) is 0 Å². The molecule has 0 unspecified atom stereocenters. The Bertz CT molecular complexity index is 735. The molecular weight excluding hydrogens is 350 g/mol. The molecule has 0 radical (unpaired) electrons. The van der Waals surface area contributed by atoms with Crippen molar-refractivity contribution in [3.63, 3.8) is 0 Å². The monoisotopic (exact) mass is 375 g/mol. The summed E-state index contributed by atoms with van der Waals surface area (Å²) in [5, 5.41) is 7.34. The summed E-state index contributed by atoms with van der Waals surface area (Å²) < 4.78 is 10.3. The van der Waals surface area contributed by atoms with E-state index in [2.05, 4.69) is 33.8 Å². The zero-order valence-corrected chi connectivity index (χ0v) is 16.3. The van der Waals surface area contributed by atoms with Gasteiger partial charge in [-0.1, -0.05) is 41.9 Å². The Balaban J connectivity index is 1.82. The van der Waals surface area contributed by atoms with Gasteiger partial charge in [0.25, 0.3) is 0 Å². The van der Waals surface area contributed by atoms with Crippen LogP contribution in [-0.4, -0.2) is 33.8 Å². The van der Waals surface area contributed by atoms with Crippen molar-refractivity contribution in [3.8, 4) is 5.75 Å².